The minimum absolute atomic E-state index is 0.00912. The molecule has 1 N–H and O–H groups in total. The van der Waals surface area contributed by atoms with Crippen LogP contribution in [-0.4, -0.2) is 16.3 Å². The summed E-state index contributed by atoms with van der Waals surface area (Å²) in [7, 11) is 1.92. The van der Waals surface area contributed by atoms with Crippen LogP contribution in [0, 0.1) is 6.92 Å². The molecule has 2 rings (SSSR count). The molecule has 5 heteroatoms. The average molecular weight is 312 g/mol. The van der Waals surface area contributed by atoms with E-state index in [1.807, 2.05) is 37.0 Å². The fraction of sp³-hybridized carbons (Fsp3) is 0.400. The number of aryl methyl sites for hydroxylation is 2. The van der Waals surface area contributed by atoms with Crippen LogP contribution < -0.4 is 5.32 Å². The number of aromatic nitrogens is 2. The maximum Gasteiger partial charge on any atom is 0.0644 e. The molecular formula is C15H19Cl2N3. The van der Waals surface area contributed by atoms with Crippen molar-refractivity contribution in [3.8, 4) is 0 Å². The summed E-state index contributed by atoms with van der Waals surface area (Å²) in [6, 6.07) is 5.57. The van der Waals surface area contributed by atoms with E-state index < -0.39 is 0 Å². The molecule has 0 fully saturated rings. The largest absolute Gasteiger partial charge is 0.306 e. The molecule has 0 aliphatic rings. The van der Waals surface area contributed by atoms with Gasteiger partial charge in [-0.1, -0.05) is 30.1 Å². The van der Waals surface area contributed by atoms with Crippen LogP contribution in [-0.2, 0) is 7.05 Å². The number of hydrogen-bond donors (Lipinski definition) is 1. The molecule has 20 heavy (non-hydrogen) atoms. The number of halogens is 2. The van der Waals surface area contributed by atoms with E-state index in [2.05, 4.69) is 17.3 Å². The maximum atomic E-state index is 6.35. The van der Waals surface area contributed by atoms with Gasteiger partial charge in [0.25, 0.3) is 0 Å². The molecule has 1 atom stereocenters. The van der Waals surface area contributed by atoms with Gasteiger partial charge in [-0.3, -0.25) is 4.68 Å². The summed E-state index contributed by atoms with van der Waals surface area (Å²) in [4.78, 5) is 0. The molecule has 1 aromatic carbocycles. The van der Waals surface area contributed by atoms with Crippen LogP contribution in [0.5, 0.6) is 0 Å². The molecule has 1 aromatic heterocycles. The van der Waals surface area contributed by atoms with E-state index in [9.17, 15) is 0 Å². The van der Waals surface area contributed by atoms with Crippen molar-refractivity contribution in [3.63, 3.8) is 0 Å². The second kappa shape index (κ2) is 6.61. The van der Waals surface area contributed by atoms with Gasteiger partial charge >= 0.3 is 0 Å². The number of rotatable bonds is 5. The zero-order valence-corrected chi connectivity index (χ0v) is 13.5. The van der Waals surface area contributed by atoms with Crippen molar-refractivity contribution in [1.82, 2.24) is 15.1 Å². The summed E-state index contributed by atoms with van der Waals surface area (Å²) in [6.07, 6.45) is 3.08. The molecule has 3 nitrogen and oxygen atoms in total. The minimum Gasteiger partial charge on any atom is -0.306 e. The van der Waals surface area contributed by atoms with E-state index in [0.717, 1.165) is 29.8 Å². The van der Waals surface area contributed by atoms with E-state index in [0.29, 0.717) is 10.0 Å². The predicted molar refractivity (Wildman–Crippen MR) is 84.5 cm³/mol. The molecule has 0 saturated carbocycles. The highest BCUT2D eigenvalue weighted by atomic mass is 35.5. The lowest BCUT2D eigenvalue weighted by molar-refractivity contribution is 0.596. The van der Waals surface area contributed by atoms with Gasteiger partial charge in [0.15, 0.2) is 0 Å². The zero-order chi connectivity index (χ0) is 14.7. The fourth-order valence-electron chi connectivity index (χ4n) is 2.31. The summed E-state index contributed by atoms with van der Waals surface area (Å²) in [6.45, 7) is 5.05. The lowest BCUT2D eigenvalue weighted by Crippen LogP contribution is -2.23. The molecule has 0 spiro atoms. The first-order chi connectivity index (χ1) is 9.52. The normalized spacial score (nSPS) is 12.7. The Morgan fingerprint density at radius 3 is 2.65 bits per heavy atom. The summed E-state index contributed by atoms with van der Waals surface area (Å²) in [5.74, 6) is 0. The maximum absolute atomic E-state index is 6.35. The van der Waals surface area contributed by atoms with Gasteiger partial charge in [0.05, 0.1) is 11.7 Å². The molecule has 1 heterocycles. The van der Waals surface area contributed by atoms with Crippen LogP contribution in [0.3, 0.4) is 0 Å². The number of nitrogens with one attached hydrogen (secondary N) is 1. The molecule has 108 valence electrons. The summed E-state index contributed by atoms with van der Waals surface area (Å²) >= 11 is 12.5. The molecule has 0 radical (unpaired) electrons. The van der Waals surface area contributed by atoms with Gasteiger partial charge in [-0.2, -0.15) is 5.10 Å². The van der Waals surface area contributed by atoms with Crippen molar-refractivity contribution in [2.45, 2.75) is 26.3 Å². The Morgan fingerprint density at radius 2 is 2.05 bits per heavy atom. The molecule has 0 aliphatic carbocycles. The Labute approximate surface area is 129 Å². The minimum atomic E-state index is 0.00912. The smallest absolute Gasteiger partial charge is 0.0644 e. The topological polar surface area (TPSA) is 29.9 Å². The van der Waals surface area contributed by atoms with Crippen molar-refractivity contribution >= 4 is 23.2 Å². The van der Waals surface area contributed by atoms with Crippen molar-refractivity contribution in [1.29, 1.82) is 0 Å². The highest BCUT2D eigenvalue weighted by molar-refractivity contribution is 6.33. The Kier molecular flexibility index (Phi) is 5.08. The first-order valence-corrected chi connectivity index (χ1v) is 7.47. The van der Waals surface area contributed by atoms with Crippen LogP contribution in [0.15, 0.2) is 24.4 Å². The third kappa shape index (κ3) is 3.35. The monoisotopic (exact) mass is 311 g/mol. The summed E-state index contributed by atoms with van der Waals surface area (Å²) in [5.41, 5.74) is 3.12. The highest BCUT2D eigenvalue weighted by Crippen LogP contribution is 2.31. The Hall–Kier alpha value is -1.03. The van der Waals surface area contributed by atoms with E-state index in [1.54, 1.807) is 6.07 Å². The van der Waals surface area contributed by atoms with Crippen LogP contribution >= 0.6 is 23.2 Å². The lowest BCUT2D eigenvalue weighted by Gasteiger charge is -2.20. The van der Waals surface area contributed by atoms with Crippen molar-refractivity contribution in [3.05, 3.63) is 51.3 Å². The van der Waals surface area contributed by atoms with Gasteiger partial charge in [-0.05, 0) is 43.7 Å². The van der Waals surface area contributed by atoms with E-state index in [1.165, 1.54) is 0 Å². The SMILES string of the molecule is CCCNC(c1cc(Cl)ccc1Cl)c1cn(C)nc1C. The average Bonchev–Trinajstić information content (AvgIpc) is 2.73. The molecule has 0 aliphatic heterocycles. The van der Waals surface area contributed by atoms with Crippen LogP contribution in [0.25, 0.3) is 0 Å². The molecule has 0 saturated heterocycles. The first kappa shape index (κ1) is 15.4. The quantitative estimate of drug-likeness (QED) is 0.900. The van der Waals surface area contributed by atoms with Gasteiger partial charge in [0.1, 0.15) is 0 Å². The Bertz CT molecular complexity index is 593. The highest BCUT2D eigenvalue weighted by Gasteiger charge is 2.20. The molecular weight excluding hydrogens is 293 g/mol. The van der Waals surface area contributed by atoms with Crippen molar-refractivity contribution < 1.29 is 0 Å². The molecule has 0 bridgehead atoms. The van der Waals surface area contributed by atoms with Crippen molar-refractivity contribution in [2.75, 3.05) is 6.54 Å². The number of nitrogens with zero attached hydrogens (tertiary/aromatic N) is 2. The molecule has 0 amide bonds. The van der Waals surface area contributed by atoms with Gasteiger partial charge in [0, 0.05) is 28.9 Å². The van der Waals surface area contributed by atoms with Gasteiger partial charge in [0.2, 0.25) is 0 Å². The number of hydrogen-bond acceptors (Lipinski definition) is 2. The van der Waals surface area contributed by atoms with E-state index in [4.69, 9.17) is 23.2 Å². The first-order valence-electron chi connectivity index (χ1n) is 6.71. The Balaban J connectivity index is 2.46. The molecule has 2 aromatic rings. The van der Waals surface area contributed by atoms with Crippen molar-refractivity contribution in [2.24, 2.45) is 7.05 Å². The standard InChI is InChI=1S/C15H19Cl2N3/c1-4-7-18-15(13-9-20(3)19-10(13)2)12-8-11(16)5-6-14(12)17/h5-6,8-9,15,18H,4,7H2,1-3H3. The van der Waals surface area contributed by atoms with E-state index in [-0.39, 0.29) is 6.04 Å². The zero-order valence-electron chi connectivity index (χ0n) is 12.0. The third-order valence-electron chi connectivity index (χ3n) is 3.23. The fourth-order valence-corrected chi connectivity index (χ4v) is 2.72. The number of benzene rings is 1. The predicted octanol–water partition coefficient (Wildman–Crippen LogP) is 4.12. The van der Waals surface area contributed by atoms with Crippen LogP contribution in [0.2, 0.25) is 10.0 Å². The summed E-state index contributed by atoms with van der Waals surface area (Å²) in [5, 5.41) is 9.35. The molecule has 1 unspecified atom stereocenters. The van der Waals surface area contributed by atoms with Gasteiger partial charge in [-0.15, -0.1) is 0 Å². The second-order valence-corrected chi connectivity index (χ2v) is 5.74. The summed E-state index contributed by atoms with van der Waals surface area (Å²) < 4.78 is 1.82. The third-order valence-corrected chi connectivity index (χ3v) is 3.81. The van der Waals surface area contributed by atoms with Gasteiger partial charge in [-0.25, -0.2) is 0 Å². The van der Waals surface area contributed by atoms with Crippen LogP contribution in [0.1, 0.15) is 36.2 Å². The van der Waals surface area contributed by atoms with Gasteiger partial charge < -0.3 is 5.32 Å². The van der Waals surface area contributed by atoms with Crippen LogP contribution in [0.4, 0.5) is 0 Å². The Morgan fingerprint density at radius 1 is 1.30 bits per heavy atom. The second-order valence-electron chi connectivity index (χ2n) is 4.90. The van der Waals surface area contributed by atoms with E-state index >= 15 is 0 Å². The lowest BCUT2D eigenvalue weighted by atomic mass is 9.99.